The van der Waals surface area contributed by atoms with Crippen molar-refractivity contribution in [2.45, 2.75) is 33.2 Å². The van der Waals surface area contributed by atoms with Crippen LogP contribution in [0.2, 0.25) is 0 Å². The molecule has 2 aliphatic rings. The zero-order valence-electron chi connectivity index (χ0n) is 16.4. The molecule has 0 spiro atoms. The van der Waals surface area contributed by atoms with Crippen molar-refractivity contribution in [2.75, 3.05) is 31.2 Å². The lowest BCUT2D eigenvalue weighted by atomic mass is 9.75. The van der Waals surface area contributed by atoms with Gasteiger partial charge >= 0.3 is 0 Å². The van der Waals surface area contributed by atoms with E-state index >= 15 is 0 Å². The number of rotatable bonds is 4. The monoisotopic (exact) mass is 398 g/mol. The van der Waals surface area contributed by atoms with Crippen molar-refractivity contribution in [2.24, 2.45) is 5.41 Å². The quantitative estimate of drug-likeness (QED) is 0.854. The van der Waals surface area contributed by atoms with Gasteiger partial charge in [-0.15, -0.1) is 11.3 Å². The number of ketones is 1. The molecule has 4 rings (SSSR count). The number of ether oxygens (including phenoxy) is 1. The first-order valence-electron chi connectivity index (χ1n) is 9.78. The second-order valence-corrected chi connectivity index (χ2v) is 9.30. The maximum Gasteiger partial charge on any atom is 0.254 e. The first-order chi connectivity index (χ1) is 13.4. The topological polar surface area (TPSA) is 58.6 Å². The molecule has 0 unspecified atom stereocenters. The van der Waals surface area contributed by atoms with Crippen molar-refractivity contribution in [3.63, 3.8) is 0 Å². The molecule has 2 aromatic rings. The van der Waals surface area contributed by atoms with Gasteiger partial charge in [0.05, 0.1) is 23.7 Å². The number of Topliss-reactive ketones (excluding diaryl/α,β-unsaturated/α-hetero) is 1. The highest BCUT2D eigenvalue weighted by Crippen LogP contribution is 2.45. The van der Waals surface area contributed by atoms with E-state index in [4.69, 9.17) is 4.74 Å². The molecule has 1 aromatic carbocycles. The lowest BCUT2D eigenvalue weighted by molar-refractivity contribution is 0.0916. The molecule has 6 heteroatoms. The van der Waals surface area contributed by atoms with Gasteiger partial charge in [-0.25, -0.2) is 0 Å². The maximum atomic E-state index is 13.3. The summed E-state index contributed by atoms with van der Waals surface area (Å²) >= 11 is 1.49. The molecule has 0 atom stereocenters. The van der Waals surface area contributed by atoms with Gasteiger partial charge in [-0.1, -0.05) is 44.2 Å². The zero-order valence-corrected chi connectivity index (χ0v) is 17.2. The Morgan fingerprint density at radius 3 is 2.61 bits per heavy atom. The Kier molecular flexibility index (Phi) is 5.25. The number of benzene rings is 1. The fraction of sp³-hybridized carbons (Fsp3) is 0.455. The van der Waals surface area contributed by atoms with Crippen molar-refractivity contribution < 1.29 is 14.3 Å². The summed E-state index contributed by atoms with van der Waals surface area (Å²) in [6.07, 6.45) is 1.29. The van der Waals surface area contributed by atoms with Crippen LogP contribution in [0.1, 0.15) is 51.4 Å². The smallest absolute Gasteiger partial charge is 0.254 e. The van der Waals surface area contributed by atoms with Gasteiger partial charge in [0.15, 0.2) is 5.78 Å². The van der Waals surface area contributed by atoms with E-state index in [1.165, 1.54) is 11.3 Å². The van der Waals surface area contributed by atoms with Gasteiger partial charge in [0, 0.05) is 26.1 Å². The predicted octanol–water partition coefficient (Wildman–Crippen LogP) is 3.67. The molecule has 1 aliphatic carbocycles. The number of carbonyl (C=O) groups excluding carboxylic acids is 2. The Morgan fingerprint density at radius 1 is 1.18 bits per heavy atom. The largest absolute Gasteiger partial charge is 0.378 e. The molecular weight excluding hydrogens is 372 g/mol. The second-order valence-electron chi connectivity index (χ2n) is 8.30. The molecule has 1 saturated heterocycles. The van der Waals surface area contributed by atoms with E-state index in [0.29, 0.717) is 31.7 Å². The third kappa shape index (κ3) is 3.84. The normalized spacial score (nSPS) is 18.6. The number of morpholine rings is 1. The summed E-state index contributed by atoms with van der Waals surface area (Å²) < 4.78 is 5.48. The fourth-order valence-electron chi connectivity index (χ4n) is 3.99. The third-order valence-electron chi connectivity index (χ3n) is 5.36. The number of thiophene rings is 1. The first kappa shape index (κ1) is 19.2. The number of carbonyl (C=O) groups is 2. The highest BCUT2D eigenvalue weighted by Gasteiger charge is 2.38. The summed E-state index contributed by atoms with van der Waals surface area (Å²) in [4.78, 5) is 29.0. The summed E-state index contributed by atoms with van der Waals surface area (Å²) in [5, 5.41) is 3.99. The lowest BCUT2D eigenvalue weighted by Gasteiger charge is -2.30. The summed E-state index contributed by atoms with van der Waals surface area (Å²) in [6.45, 7) is 7.47. The van der Waals surface area contributed by atoms with E-state index in [9.17, 15) is 9.59 Å². The molecule has 2 heterocycles. The maximum absolute atomic E-state index is 13.3. The molecule has 1 N–H and O–H groups in total. The van der Waals surface area contributed by atoms with E-state index in [2.05, 4.69) is 24.1 Å². The summed E-state index contributed by atoms with van der Waals surface area (Å²) in [7, 11) is 0. The molecule has 1 amide bonds. The minimum absolute atomic E-state index is 0.0895. The summed E-state index contributed by atoms with van der Waals surface area (Å²) in [5.74, 6) is 0.0706. The van der Waals surface area contributed by atoms with Gasteiger partial charge in [-0.3, -0.25) is 9.59 Å². The molecule has 0 bridgehead atoms. The highest BCUT2D eigenvalue weighted by molar-refractivity contribution is 7.18. The number of hydrogen-bond donors (Lipinski definition) is 1. The van der Waals surface area contributed by atoms with Crippen LogP contribution in [0.25, 0.3) is 0 Å². The van der Waals surface area contributed by atoms with Gasteiger partial charge in [-0.2, -0.15) is 0 Å². The number of hydrogen-bond acceptors (Lipinski definition) is 5. The SMILES string of the molecule is CC1(C)CC(=O)c2sc(N3CCOCC3)c(C(=O)NCc3ccccc3)c2C1. The van der Waals surface area contributed by atoms with E-state index in [1.807, 2.05) is 30.3 Å². The molecule has 28 heavy (non-hydrogen) atoms. The first-order valence-corrected chi connectivity index (χ1v) is 10.6. The van der Waals surface area contributed by atoms with Crippen molar-refractivity contribution in [3.8, 4) is 0 Å². The van der Waals surface area contributed by atoms with Crippen molar-refractivity contribution >= 4 is 28.0 Å². The zero-order chi connectivity index (χ0) is 19.7. The molecular formula is C22H26N2O3S. The molecule has 1 aromatic heterocycles. The van der Waals surface area contributed by atoms with Crippen LogP contribution in [0, 0.1) is 5.41 Å². The Bertz CT molecular complexity index is 883. The van der Waals surface area contributed by atoms with Gasteiger partial charge in [0.25, 0.3) is 5.91 Å². The lowest BCUT2D eigenvalue weighted by Crippen LogP contribution is -2.37. The number of amides is 1. The van der Waals surface area contributed by atoms with Crippen LogP contribution in [-0.4, -0.2) is 38.0 Å². The second kappa shape index (κ2) is 7.68. The van der Waals surface area contributed by atoms with E-state index in [1.54, 1.807) is 0 Å². The molecule has 1 aliphatic heterocycles. The summed E-state index contributed by atoms with van der Waals surface area (Å²) in [5.41, 5.74) is 2.56. The standard InChI is InChI=1S/C22H26N2O3S/c1-22(2)12-16-18(20(26)23-14-15-6-4-3-5-7-15)21(24-8-10-27-11-9-24)28-19(16)17(25)13-22/h3-7H,8-14H2,1-2H3,(H,23,26). The number of fused-ring (bicyclic) bond motifs is 1. The van der Waals surface area contributed by atoms with Crippen molar-refractivity contribution in [1.82, 2.24) is 5.32 Å². The van der Waals surface area contributed by atoms with Crippen LogP contribution >= 0.6 is 11.3 Å². The van der Waals surface area contributed by atoms with E-state index in [0.717, 1.165) is 40.5 Å². The molecule has 148 valence electrons. The fourth-order valence-corrected chi connectivity index (χ4v) is 5.30. The third-order valence-corrected chi connectivity index (χ3v) is 6.69. The van der Waals surface area contributed by atoms with E-state index in [-0.39, 0.29) is 17.1 Å². The Morgan fingerprint density at radius 2 is 1.89 bits per heavy atom. The predicted molar refractivity (Wildman–Crippen MR) is 111 cm³/mol. The van der Waals surface area contributed by atoms with Crippen LogP contribution in [0.3, 0.4) is 0 Å². The van der Waals surface area contributed by atoms with Crippen LogP contribution in [-0.2, 0) is 17.7 Å². The van der Waals surface area contributed by atoms with Crippen LogP contribution in [0.5, 0.6) is 0 Å². The molecule has 1 fully saturated rings. The Hall–Kier alpha value is -2.18. The minimum Gasteiger partial charge on any atom is -0.378 e. The highest BCUT2D eigenvalue weighted by atomic mass is 32.1. The van der Waals surface area contributed by atoms with Crippen LogP contribution in [0.4, 0.5) is 5.00 Å². The average molecular weight is 399 g/mol. The molecule has 0 radical (unpaired) electrons. The minimum atomic E-state index is -0.123. The number of anilines is 1. The van der Waals surface area contributed by atoms with Crippen LogP contribution in [0.15, 0.2) is 30.3 Å². The van der Waals surface area contributed by atoms with Gasteiger partial charge in [0.1, 0.15) is 5.00 Å². The summed E-state index contributed by atoms with van der Waals surface area (Å²) in [6, 6.07) is 9.89. The van der Waals surface area contributed by atoms with Crippen molar-refractivity contribution in [3.05, 3.63) is 51.9 Å². The number of nitrogens with one attached hydrogen (secondary N) is 1. The van der Waals surface area contributed by atoms with Gasteiger partial charge < -0.3 is 15.0 Å². The van der Waals surface area contributed by atoms with Crippen molar-refractivity contribution in [1.29, 1.82) is 0 Å². The Labute approximate surface area is 169 Å². The number of nitrogens with zero attached hydrogens (tertiary/aromatic N) is 1. The molecule has 0 saturated carbocycles. The van der Waals surface area contributed by atoms with Crippen LogP contribution < -0.4 is 10.2 Å². The van der Waals surface area contributed by atoms with E-state index < -0.39 is 0 Å². The average Bonchev–Trinajstić information content (AvgIpc) is 3.06. The Balaban J connectivity index is 1.68. The van der Waals surface area contributed by atoms with Gasteiger partial charge in [0.2, 0.25) is 0 Å². The van der Waals surface area contributed by atoms with Gasteiger partial charge in [-0.05, 0) is 23.0 Å². The molecule has 5 nitrogen and oxygen atoms in total.